The van der Waals surface area contributed by atoms with E-state index in [9.17, 15) is 4.79 Å². The van der Waals surface area contributed by atoms with Crippen molar-refractivity contribution in [2.45, 2.75) is 6.54 Å². The Morgan fingerprint density at radius 1 is 1.04 bits per heavy atom. The van der Waals surface area contributed by atoms with Crippen LogP contribution in [0.2, 0.25) is 0 Å². The number of benzene rings is 1. The van der Waals surface area contributed by atoms with Gasteiger partial charge in [0.2, 0.25) is 0 Å². The molecule has 7 heteroatoms. The number of aromatic amines is 1. The third kappa shape index (κ3) is 3.07. The second-order valence-electron chi connectivity index (χ2n) is 5.46. The maximum Gasteiger partial charge on any atom is 0.251 e. The second-order valence-corrected chi connectivity index (χ2v) is 5.46. The number of fused-ring (bicyclic) bond motifs is 1. The Morgan fingerprint density at radius 3 is 2.80 bits per heavy atom. The van der Waals surface area contributed by atoms with Gasteiger partial charge in [-0.15, -0.1) is 0 Å². The molecule has 0 atom stereocenters. The van der Waals surface area contributed by atoms with E-state index in [0.29, 0.717) is 17.6 Å². The van der Waals surface area contributed by atoms with E-state index in [2.05, 4.69) is 30.7 Å². The molecule has 3 heterocycles. The fraction of sp³-hybridized carbons (Fsp3) is 0.0556. The molecule has 3 aromatic heterocycles. The van der Waals surface area contributed by atoms with Crippen LogP contribution in [0.25, 0.3) is 22.3 Å². The van der Waals surface area contributed by atoms with Crippen LogP contribution >= 0.6 is 0 Å². The van der Waals surface area contributed by atoms with Gasteiger partial charge in [-0.05, 0) is 42.0 Å². The Balaban J connectivity index is 1.54. The standard InChI is InChI=1S/C18H14N6O/c25-18(12-5-6-15-16(9-12)23-24-22-15)21-11-14-4-2-8-20-17(14)13-3-1-7-19-10-13/h1-10H,11H2,(H,21,25)(H,22,23,24). The summed E-state index contributed by atoms with van der Waals surface area (Å²) in [6.07, 6.45) is 5.20. The number of H-pyrrole nitrogens is 1. The molecule has 122 valence electrons. The van der Waals surface area contributed by atoms with Crippen molar-refractivity contribution in [3.05, 3.63) is 72.2 Å². The van der Waals surface area contributed by atoms with Crippen LogP contribution in [-0.2, 0) is 6.54 Å². The van der Waals surface area contributed by atoms with Crippen LogP contribution in [-0.4, -0.2) is 31.3 Å². The minimum absolute atomic E-state index is 0.175. The summed E-state index contributed by atoms with van der Waals surface area (Å²) in [5.41, 5.74) is 4.56. The van der Waals surface area contributed by atoms with E-state index in [-0.39, 0.29) is 5.91 Å². The zero-order valence-corrected chi connectivity index (χ0v) is 13.2. The van der Waals surface area contributed by atoms with Gasteiger partial charge < -0.3 is 5.32 Å². The Bertz CT molecular complexity index is 1030. The fourth-order valence-electron chi connectivity index (χ4n) is 2.60. The molecule has 4 rings (SSSR count). The Hall–Kier alpha value is -3.61. The molecule has 0 aliphatic carbocycles. The number of hydrogen-bond acceptors (Lipinski definition) is 5. The summed E-state index contributed by atoms with van der Waals surface area (Å²) in [5.74, 6) is -0.175. The first kappa shape index (κ1) is 14.9. The van der Waals surface area contributed by atoms with E-state index >= 15 is 0 Å². The summed E-state index contributed by atoms with van der Waals surface area (Å²) >= 11 is 0. The molecule has 0 fully saturated rings. The average molecular weight is 330 g/mol. The number of amides is 1. The van der Waals surface area contributed by atoms with Crippen molar-refractivity contribution in [3.8, 4) is 11.3 Å². The highest BCUT2D eigenvalue weighted by molar-refractivity contribution is 5.97. The molecule has 0 aliphatic heterocycles. The summed E-state index contributed by atoms with van der Waals surface area (Å²) in [4.78, 5) is 21.0. The lowest BCUT2D eigenvalue weighted by Gasteiger charge is -2.10. The number of aromatic nitrogens is 5. The predicted molar refractivity (Wildman–Crippen MR) is 92.5 cm³/mol. The fourth-order valence-corrected chi connectivity index (χ4v) is 2.60. The molecule has 0 radical (unpaired) electrons. The normalized spacial score (nSPS) is 10.7. The molecule has 0 bridgehead atoms. The van der Waals surface area contributed by atoms with Gasteiger partial charge in [0.15, 0.2) is 0 Å². The molecule has 1 aromatic carbocycles. The van der Waals surface area contributed by atoms with Crippen LogP contribution in [0.15, 0.2) is 61.1 Å². The highest BCUT2D eigenvalue weighted by Crippen LogP contribution is 2.20. The van der Waals surface area contributed by atoms with Crippen molar-refractivity contribution in [1.29, 1.82) is 0 Å². The predicted octanol–water partition coefficient (Wildman–Crippen LogP) is 2.34. The minimum atomic E-state index is -0.175. The van der Waals surface area contributed by atoms with E-state index in [4.69, 9.17) is 0 Å². The first-order chi connectivity index (χ1) is 12.3. The van der Waals surface area contributed by atoms with E-state index in [1.165, 1.54) is 0 Å². The average Bonchev–Trinajstić information content (AvgIpc) is 3.15. The number of pyridine rings is 2. The molecule has 0 saturated heterocycles. The van der Waals surface area contributed by atoms with Crippen LogP contribution in [0.3, 0.4) is 0 Å². The SMILES string of the molecule is O=C(NCc1cccnc1-c1cccnc1)c1ccc2n[nH]nc2c1. The molecule has 0 unspecified atom stereocenters. The van der Waals surface area contributed by atoms with E-state index in [1.807, 2.05) is 24.3 Å². The largest absolute Gasteiger partial charge is 0.348 e. The summed E-state index contributed by atoms with van der Waals surface area (Å²) < 4.78 is 0. The summed E-state index contributed by atoms with van der Waals surface area (Å²) in [6, 6.07) is 12.8. The van der Waals surface area contributed by atoms with Crippen molar-refractivity contribution in [2.24, 2.45) is 0 Å². The summed E-state index contributed by atoms with van der Waals surface area (Å²) in [6.45, 7) is 0.369. The topological polar surface area (TPSA) is 96.5 Å². The number of carbonyl (C=O) groups is 1. The van der Waals surface area contributed by atoms with Crippen molar-refractivity contribution < 1.29 is 4.79 Å². The third-order valence-electron chi connectivity index (χ3n) is 3.84. The van der Waals surface area contributed by atoms with Crippen LogP contribution in [0.5, 0.6) is 0 Å². The molecule has 0 aliphatic rings. The lowest BCUT2D eigenvalue weighted by Crippen LogP contribution is -2.23. The Morgan fingerprint density at radius 2 is 1.92 bits per heavy atom. The summed E-state index contributed by atoms with van der Waals surface area (Å²) in [7, 11) is 0. The molecule has 0 spiro atoms. The van der Waals surface area contributed by atoms with Crippen LogP contribution in [0, 0.1) is 0 Å². The van der Waals surface area contributed by atoms with Crippen molar-refractivity contribution in [3.63, 3.8) is 0 Å². The first-order valence-electron chi connectivity index (χ1n) is 7.74. The first-order valence-corrected chi connectivity index (χ1v) is 7.74. The van der Waals surface area contributed by atoms with Crippen molar-refractivity contribution in [2.75, 3.05) is 0 Å². The lowest BCUT2D eigenvalue weighted by atomic mass is 10.1. The third-order valence-corrected chi connectivity index (χ3v) is 3.84. The van der Waals surface area contributed by atoms with E-state index in [0.717, 1.165) is 22.3 Å². The van der Waals surface area contributed by atoms with Crippen LogP contribution in [0.4, 0.5) is 0 Å². The number of carbonyl (C=O) groups excluding carboxylic acids is 1. The monoisotopic (exact) mass is 330 g/mol. The Kier molecular flexibility index (Phi) is 3.88. The maximum atomic E-state index is 12.4. The van der Waals surface area contributed by atoms with Gasteiger partial charge in [-0.1, -0.05) is 6.07 Å². The highest BCUT2D eigenvalue weighted by atomic mass is 16.1. The van der Waals surface area contributed by atoms with Gasteiger partial charge in [0.05, 0.1) is 5.69 Å². The summed E-state index contributed by atoms with van der Waals surface area (Å²) in [5, 5.41) is 13.4. The van der Waals surface area contributed by atoms with E-state index in [1.54, 1.807) is 36.8 Å². The number of nitrogens with zero attached hydrogens (tertiary/aromatic N) is 4. The van der Waals surface area contributed by atoms with Gasteiger partial charge in [-0.3, -0.25) is 14.8 Å². The molecule has 0 saturated carbocycles. The number of nitrogens with one attached hydrogen (secondary N) is 2. The van der Waals surface area contributed by atoms with E-state index < -0.39 is 0 Å². The zero-order chi connectivity index (χ0) is 17.1. The van der Waals surface area contributed by atoms with Crippen LogP contribution < -0.4 is 5.32 Å². The van der Waals surface area contributed by atoms with Crippen LogP contribution in [0.1, 0.15) is 15.9 Å². The van der Waals surface area contributed by atoms with Crippen molar-refractivity contribution in [1.82, 2.24) is 30.7 Å². The quantitative estimate of drug-likeness (QED) is 0.599. The number of hydrogen-bond donors (Lipinski definition) is 2. The Labute approximate surface area is 143 Å². The van der Waals surface area contributed by atoms with Gasteiger partial charge in [-0.2, -0.15) is 15.4 Å². The molecule has 4 aromatic rings. The van der Waals surface area contributed by atoms with Gasteiger partial charge in [-0.25, -0.2) is 0 Å². The molecule has 7 nitrogen and oxygen atoms in total. The van der Waals surface area contributed by atoms with Gasteiger partial charge in [0, 0.05) is 36.3 Å². The number of rotatable bonds is 4. The second kappa shape index (κ2) is 6.48. The maximum absolute atomic E-state index is 12.4. The molecule has 25 heavy (non-hydrogen) atoms. The smallest absolute Gasteiger partial charge is 0.251 e. The van der Waals surface area contributed by atoms with Gasteiger partial charge in [0.25, 0.3) is 5.91 Å². The molecular weight excluding hydrogens is 316 g/mol. The molecule has 2 N–H and O–H groups in total. The minimum Gasteiger partial charge on any atom is -0.348 e. The zero-order valence-electron chi connectivity index (χ0n) is 13.2. The highest BCUT2D eigenvalue weighted by Gasteiger charge is 2.11. The van der Waals surface area contributed by atoms with Gasteiger partial charge >= 0.3 is 0 Å². The molecule has 1 amide bonds. The van der Waals surface area contributed by atoms with Gasteiger partial charge in [0.1, 0.15) is 11.0 Å². The molecular formula is C18H14N6O. The lowest BCUT2D eigenvalue weighted by molar-refractivity contribution is 0.0951. The van der Waals surface area contributed by atoms with Crippen molar-refractivity contribution >= 4 is 16.9 Å².